The fraction of sp³-hybridized carbons (Fsp3) is 0.400. The lowest BCUT2D eigenvalue weighted by Gasteiger charge is -2.25. The number of carbonyl (C=O) groups is 3. The SMILES string of the molecule is C[C@@H](c1nc2ccccc2s1)N(C)C(=O)CN1C(=O)[C@H]2CC=CC[C@@H]2C1=O. The zero-order chi connectivity index (χ0) is 19.1. The molecule has 3 amide bonds. The first-order valence-electron chi connectivity index (χ1n) is 9.08. The van der Waals surface area contributed by atoms with Crippen molar-refractivity contribution in [1.29, 1.82) is 0 Å². The third-order valence-electron chi connectivity index (χ3n) is 5.53. The van der Waals surface area contributed by atoms with Gasteiger partial charge in [0.2, 0.25) is 17.7 Å². The van der Waals surface area contributed by atoms with Crippen molar-refractivity contribution >= 4 is 39.3 Å². The molecule has 4 rings (SSSR count). The molecular formula is C20H21N3O3S. The van der Waals surface area contributed by atoms with Crippen LogP contribution in [0.3, 0.4) is 0 Å². The van der Waals surface area contributed by atoms with Crippen LogP contribution >= 0.6 is 11.3 Å². The van der Waals surface area contributed by atoms with Crippen LogP contribution in [0, 0.1) is 11.8 Å². The number of carbonyl (C=O) groups excluding carboxylic acids is 3. The van der Waals surface area contributed by atoms with Gasteiger partial charge in [-0.2, -0.15) is 0 Å². The molecule has 2 heterocycles. The number of likely N-dealkylation sites (tertiary alicyclic amines) is 1. The molecule has 27 heavy (non-hydrogen) atoms. The molecule has 1 saturated heterocycles. The number of aromatic nitrogens is 1. The van der Waals surface area contributed by atoms with E-state index in [0.29, 0.717) is 12.8 Å². The van der Waals surface area contributed by atoms with E-state index in [1.807, 2.05) is 43.3 Å². The van der Waals surface area contributed by atoms with Crippen LogP contribution in [0.25, 0.3) is 10.2 Å². The summed E-state index contributed by atoms with van der Waals surface area (Å²) in [6.45, 7) is 1.71. The zero-order valence-corrected chi connectivity index (χ0v) is 16.1. The summed E-state index contributed by atoms with van der Waals surface area (Å²) in [5.41, 5.74) is 0.909. The highest BCUT2D eigenvalue weighted by atomic mass is 32.1. The smallest absolute Gasteiger partial charge is 0.243 e. The summed E-state index contributed by atoms with van der Waals surface area (Å²) in [5.74, 6) is -1.30. The van der Waals surface area contributed by atoms with Gasteiger partial charge in [-0.1, -0.05) is 24.3 Å². The van der Waals surface area contributed by atoms with Crippen LogP contribution in [0.1, 0.15) is 30.8 Å². The third kappa shape index (κ3) is 3.06. The number of thiazole rings is 1. The number of rotatable bonds is 4. The molecule has 3 atom stereocenters. The Morgan fingerprint density at radius 2 is 1.85 bits per heavy atom. The molecule has 1 aromatic carbocycles. The number of allylic oxidation sites excluding steroid dienone is 2. The predicted molar refractivity (Wildman–Crippen MR) is 103 cm³/mol. The van der Waals surface area contributed by atoms with E-state index in [0.717, 1.165) is 20.1 Å². The lowest BCUT2D eigenvalue weighted by molar-refractivity contribution is -0.146. The molecule has 0 radical (unpaired) electrons. The Labute approximate surface area is 161 Å². The molecular weight excluding hydrogens is 362 g/mol. The fourth-order valence-electron chi connectivity index (χ4n) is 3.72. The number of nitrogens with zero attached hydrogens (tertiary/aromatic N) is 3. The van der Waals surface area contributed by atoms with Crippen molar-refractivity contribution < 1.29 is 14.4 Å². The van der Waals surface area contributed by atoms with Crippen molar-refractivity contribution in [2.75, 3.05) is 13.6 Å². The summed E-state index contributed by atoms with van der Waals surface area (Å²) in [5, 5.41) is 0.837. The van der Waals surface area contributed by atoms with E-state index in [-0.39, 0.29) is 42.1 Å². The number of para-hydroxylation sites is 1. The van der Waals surface area contributed by atoms with Gasteiger partial charge < -0.3 is 4.90 Å². The number of imide groups is 1. The second-order valence-electron chi connectivity index (χ2n) is 7.12. The molecule has 7 heteroatoms. The highest BCUT2D eigenvalue weighted by Gasteiger charge is 2.47. The van der Waals surface area contributed by atoms with Crippen LogP contribution in [0.2, 0.25) is 0 Å². The summed E-state index contributed by atoms with van der Waals surface area (Å²) in [4.78, 5) is 45.2. The van der Waals surface area contributed by atoms with Gasteiger partial charge in [-0.15, -0.1) is 11.3 Å². The van der Waals surface area contributed by atoms with Crippen molar-refractivity contribution in [2.45, 2.75) is 25.8 Å². The van der Waals surface area contributed by atoms with Gasteiger partial charge in [0, 0.05) is 7.05 Å². The van der Waals surface area contributed by atoms with Gasteiger partial charge in [0.05, 0.1) is 28.1 Å². The average Bonchev–Trinajstić information content (AvgIpc) is 3.22. The van der Waals surface area contributed by atoms with E-state index in [9.17, 15) is 14.4 Å². The van der Waals surface area contributed by atoms with Gasteiger partial charge in [-0.05, 0) is 31.9 Å². The van der Waals surface area contributed by atoms with Gasteiger partial charge in [0.25, 0.3) is 0 Å². The first-order chi connectivity index (χ1) is 13.0. The molecule has 2 aliphatic rings. The number of hydrogen-bond acceptors (Lipinski definition) is 5. The molecule has 0 bridgehead atoms. The Kier molecular flexibility index (Phi) is 4.55. The van der Waals surface area contributed by atoms with Gasteiger partial charge in [-0.3, -0.25) is 19.3 Å². The summed E-state index contributed by atoms with van der Waals surface area (Å²) in [6, 6.07) is 7.61. The highest BCUT2D eigenvalue weighted by molar-refractivity contribution is 7.18. The van der Waals surface area contributed by atoms with Crippen LogP contribution in [0.4, 0.5) is 0 Å². The van der Waals surface area contributed by atoms with E-state index < -0.39 is 0 Å². The quantitative estimate of drug-likeness (QED) is 0.601. The molecule has 140 valence electrons. The maximum atomic E-state index is 12.8. The molecule has 0 saturated carbocycles. The molecule has 1 fully saturated rings. The fourth-order valence-corrected chi connectivity index (χ4v) is 4.78. The summed E-state index contributed by atoms with van der Waals surface area (Å²) < 4.78 is 1.07. The molecule has 6 nitrogen and oxygen atoms in total. The zero-order valence-electron chi connectivity index (χ0n) is 15.3. The number of likely N-dealkylation sites (N-methyl/N-ethyl adjacent to an activating group) is 1. The molecule has 0 unspecified atom stereocenters. The van der Waals surface area contributed by atoms with Crippen molar-refractivity contribution in [3.05, 3.63) is 41.4 Å². The number of fused-ring (bicyclic) bond motifs is 2. The van der Waals surface area contributed by atoms with Crippen molar-refractivity contribution in [3.8, 4) is 0 Å². The summed E-state index contributed by atoms with van der Waals surface area (Å²) in [7, 11) is 1.69. The topological polar surface area (TPSA) is 70.6 Å². The minimum absolute atomic E-state index is 0.198. The first-order valence-corrected chi connectivity index (χ1v) is 9.90. The molecule has 0 spiro atoms. The first kappa shape index (κ1) is 17.9. The Hall–Kier alpha value is -2.54. The van der Waals surface area contributed by atoms with Crippen LogP contribution in [-0.4, -0.2) is 46.1 Å². The normalized spacial score (nSPS) is 23.0. The Balaban J connectivity index is 1.47. The Bertz CT molecular complexity index is 892. The van der Waals surface area contributed by atoms with E-state index in [2.05, 4.69) is 4.98 Å². The van der Waals surface area contributed by atoms with Crippen LogP contribution in [-0.2, 0) is 14.4 Å². The third-order valence-corrected chi connectivity index (χ3v) is 6.74. The maximum absolute atomic E-state index is 12.8. The Morgan fingerprint density at radius 3 is 2.48 bits per heavy atom. The molecule has 2 aromatic rings. The van der Waals surface area contributed by atoms with E-state index >= 15 is 0 Å². The maximum Gasteiger partial charge on any atom is 0.243 e. The van der Waals surface area contributed by atoms with Crippen LogP contribution in [0.5, 0.6) is 0 Å². The molecule has 1 aliphatic carbocycles. The van der Waals surface area contributed by atoms with E-state index in [1.54, 1.807) is 23.3 Å². The largest absolute Gasteiger partial charge is 0.335 e. The highest BCUT2D eigenvalue weighted by Crippen LogP contribution is 2.35. The van der Waals surface area contributed by atoms with E-state index in [1.165, 1.54) is 0 Å². The molecule has 1 aromatic heterocycles. The number of amides is 3. The summed E-state index contributed by atoms with van der Waals surface area (Å²) >= 11 is 1.55. The number of hydrogen-bond donors (Lipinski definition) is 0. The van der Waals surface area contributed by atoms with Crippen LogP contribution < -0.4 is 0 Å². The van der Waals surface area contributed by atoms with Gasteiger partial charge >= 0.3 is 0 Å². The van der Waals surface area contributed by atoms with Gasteiger partial charge in [0.1, 0.15) is 11.6 Å². The number of benzene rings is 1. The lowest BCUT2D eigenvalue weighted by atomic mass is 9.85. The van der Waals surface area contributed by atoms with Crippen molar-refractivity contribution in [3.63, 3.8) is 0 Å². The standard InChI is InChI=1S/C20H21N3O3S/c1-12(18-21-15-9-5-6-10-16(15)27-18)22(2)17(24)11-23-19(25)13-7-3-4-8-14(13)20(23)26/h3-6,9-10,12-14H,7-8,11H2,1-2H3/t12-,13-,14-/m0/s1. The molecule has 0 N–H and O–H groups in total. The molecule has 1 aliphatic heterocycles. The second-order valence-corrected chi connectivity index (χ2v) is 8.18. The predicted octanol–water partition coefficient (Wildman–Crippen LogP) is 2.77. The van der Waals surface area contributed by atoms with Gasteiger partial charge in [0.15, 0.2) is 0 Å². The second kappa shape index (κ2) is 6.88. The minimum atomic E-state index is -0.303. The minimum Gasteiger partial charge on any atom is -0.335 e. The van der Waals surface area contributed by atoms with Crippen molar-refractivity contribution in [1.82, 2.24) is 14.8 Å². The van der Waals surface area contributed by atoms with Crippen molar-refractivity contribution in [2.24, 2.45) is 11.8 Å². The average molecular weight is 383 g/mol. The van der Waals surface area contributed by atoms with E-state index in [4.69, 9.17) is 0 Å². The monoisotopic (exact) mass is 383 g/mol. The van der Waals surface area contributed by atoms with Crippen LogP contribution in [0.15, 0.2) is 36.4 Å². The summed E-state index contributed by atoms with van der Waals surface area (Å²) in [6.07, 6.45) is 5.05. The Morgan fingerprint density at radius 1 is 1.22 bits per heavy atom. The lowest BCUT2D eigenvalue weighted by Crippen LogP contribution is -2.42. The van der Waals surface area contributed by atoms with Gasteiger partial charge in [-0.25, -0.2) is 4.98 Å².